The molecule has 0 N–H and O–H groups in total. The second-order valence-corrected chi connectivity index (χ2v) is 10.6. The molecule has 130 valence electrons. The highest BCUT2D eigenvalue weighted by molar-refractivity contribution is 7.78. The summed E-state index contributed by atoms with van der Waals surface area (Å²) in [6.07, 6.45) is 6.37. The monoisotopic (exact) mass is 380 g/mol. The predicted octanol–water partition coefficient (Wildman–Crippen LogP) is 4.19. The lowest BCUT2D eigenvalue weighted by molar-refractivity contribution is 1.66. The maximum Gasteiger partial charge on any atom is 0.181 e. The standard InChI is InChI=1S/C25H20SSi/c1-2-11-22-23-16-9-10-17-24(23)27(25(22)18-19-26,20-12-5-3-6-13-20)21-14-7-4-8-15-21/h2-18H,1H3/b11-2-. The van der Waals surface area contributed by atoms with Crippen LogP contribution in [0.15, 0.2) is 108 Å². The summed E-state index contributed by atoms with van der Waals surface area (Å²) >= 11 is 5.20. The van der Waals surface area contributed by atoms with Crippen molar-refractivity contribution in [2.45, 2.75) is 6.92 Å². The summed E-state index contributed by atoms with van der Waals surface area (Å²) in [6, 6.07) is 30.6. The Balaban J connectivity index is 2.22. The Morgan fingerprint density at radius 3 is 1.89 bits per heavy atom. The Bertz CT molecular complexity index is 1030. The van der Waals surface area contributed by atoms with E-state index in [0.717, 1.165) is 0 Å². The van der Waals surface area contributed by atoms with Gasteiger partial charge in [0, 0.05) is 0 Å². The van der Waals surface area contributed by atoms with Gasteiger partial charge in [-0.05, 0) is 62.1 Å². The van der Waals surface area contributed by atoms with Crippen molar-refractivity contribution < 1.29 is 0 Å². The molecule has 0 nitrogen and oxygen atoms in total. The van der Waals surface area contributed by atoms with Gasteiger partial charge in [-0.2, -0.15) is 0 Å². The van der Waals surface area contributed by atoms with E-state index in [9.17, 15) is 0 Å². The first-order valence-corrected chi connectivity index (χ1v) is 11.5. The van der Waals surface area contributed by atoms with Gasteiger partial charge < -0.3 is 0 Å². The van der Waals surface area contributed by atoms with E-state index in [-0.39, 0.29) is 0 Å². The molecular formula is C25H20SSi. The summed E-state index contributed by atoms with van der Waals surface area (Å²) in [7, 11) is -2.41. The van der Waals surface area contributed by atoms with Gasteiger partial charge in [0.1, 0.15) is 0 Å². The fourth-order valence-corrected chi connectivity index (χ4v) is 9.65. The molecule has 0 spiro atoms. The minimum Gasteiger partial charge on any atom is -0.0870 e. The molecule has 0 aliphatic carbocycles. The largest absolute Gasteiger partial charge is 0.181 e. The molecular weight excluding hydrogens is 360 g/mol. The first-order valence-electron chi connectivity index (χ1n) is 9.13. The molecule has 0 aromatic heterocycles. The van der Waals surface area contributed by atoms with Crippen LogP contribution in [0.4, 0.5) is 0 Å². The fourth-order valence-electron chi connectivity index (χ4n) is 4.29. The number of fused-ring (bicyclic) bond motifs is 1. The lowest BCUT2D eigenvalue weighted by Gasteiger charge is -2.31. The molecule has 27 heavy (non-hydrogen) atoms. The number of hydrogen-bond acceptors (Lipinski definition) is 1. The number of hydrogen-bond donors (Lipinski definition) is 0. The third-order valence-corrected chi connectivity index (χ3v) is 10.2. The molecule has 0 unspecified atom stereocenters. The molecule has 0 bridgehead atoms. The van der Waals surface area contributed by atoms with Crippen molar-refractivity contribution in [2.75, 3.05) is 0 Å². The maximum absolute atomic E-state index is 5.20. The van der Waals surface area contributed by atoms with Gasteiger partial charge in [0.15, 0.2) is 8.07 Å². The van der Waals surface area contributed by atoms with E-state index in [1.54, 1.807) is 0 Å². The highest BCUT2D eigenvalue weighted by atomic mass is 32.1. The van der Waals surface area contributed by atoms with Crippen LogP contribution in [0.2, 0.25) is 0 Å². The van der Waals surface area contributed by atoms with Crippen LogP contribution in [0.1, 0.15) is 12.5 Å². The number of thiocarbonyl (C=S) groups is 1. The van der Waals surface area contributed by atoms with E-state index in [2.05, 4.69) is 109 Å². The molecule has 4 rings (SSSR count). The van der Waals surface area contributed by atoms with Crippen LogP contribution in [0.25, 0.3) is 5.57 Å². The van der Waals surface area contributed by atoms with Crippen LogP contribution in [0.3, 0.4) is 0 Å². The average Bonchev–Trinajstić information content (AvgIpc) is 3.01. The molecule has 3 aromatic rings. The molecule has 1 heterocycles. The zero-order valence-electron chi connectivity index (χ0n) is 15.2. The lowest BCUT2D eigenvalue weighted by atomic mass is 10.1. The van der Waals surface area contributed by atoms with Crippen LogP contribution in [0.5, 0.6) is 0 Å². The quantitative estimate of drug-likeness (QED) is 0.483. The summed E-state index contributed by atoms with van der Waals surface area (Å²) in [6.45, 7) is 2.07. The average molecular weight is 381 g/mol. The van der Waals surface area contributed by atoms with E-state index in [1.165, 1.54) is 31.9 Å². The Labute approximate surface area is 167 Å². The molecule has 2 heteroatoms. The normalized spacial score (nSPS) is 14.9. The van der Waals surface area contributed by atoms with Crippen LogP contribution in [-0.2, 0) is 0 Å². The predicted molar refractivity (Wildman–Crippen MR) is 123 cm³/mol. The minimum absolute atomic E-state index is 1.27. The van der Waals surface area contributed by atoms with Gasteiger partial charge in [-0.1, -0.05) is 97.1 Å². The molecule has 0 fully saturated rings. The Morgan fingerprint density at radius 1 is 0.778 bits per heavy atom. The van der Waals surface area contributed by atoms with E-state index < -0.39 is 8.07 Å². The summed E-state index contributed by atoms with van der Waals surface area (Å²) in [5, 5.41) is 8.42. The van der Waals surface area contributed by atoms with Crippen molar-refractivity contribution in [2.24, 2.45) is 0 Å². The first-order chi connectivity index (χ1) is 13.3. The van der Waals surface area contributed by atoms with Gasteiger partial charge in [0.25, 0.3) is 0 Å². The van der Waals surface area contributed by atoms with Gasteiger partial charge in [-0.25, -0.2) is 0 Å². The molecule has 0 saturated carbocycles. The van der Waals surface area contributed by atoms with E-state index in [0.29, 0.717) is 0 Å². The van der Waals surface area contributed by atoms with Gasteiger partial charge in [-0.15, -0.1) is 0 Å². The molecule has 1 aliphatic heterocycles. The molecule has 0 amide bonds. The Hall–Kier alpha value is -2.77. The highest BCUT2D eigenvalue weighted by Gasteiger charge is 2.48. The summed E-state index contributed by atoms with van der Waals surface area (Å²) < 4.78 is 0. The zero-order valence-corrected chi connectivity index (χ0v) is 17.0. The second kappa shape index (κ2) is 7.46. The van der Waals surface area contributed by atoms with Crippen molar-refractivity contribution in [3.63, 3.8) is 0 Å². The zero-order chi connectivity index (χ0) is 18.7. The van der Waals surface area contributed by atoms with Gasteiger partial charge in [0.05, 0.1) is 0 Å². The van der Waals surface area contributed by atoms with Crippen LogP contribution < -0.4 is 15.6 Å². The van der Waals surface area contributed by atoms with Crippen molar-refractivity contribution in [3.05, 3.63) is 114 Å². The fraction of sp³-hybridized carbons (Fsp3) is 0.0400. The smallest absolute Gasteiger partial charge is 0.0870 e. The number of benzene rings is 3. The van der Waals surface area contributed by atoms with Crippen molar-refractivity contribution in [1.82, 2.24) is 0 Å². The molecule has 1 aliphatic rings. The number of allylic oxidation sites excluding steroid dienone is 5. The summed E-state index contributed by atoms with van der Waals surface area (Å²) in [4.78, 5) is 0. The van der Waals surface area contributed by atoms with Crippen molar-refractivity contribution >= 4 is 46.4 Å². The Kier molecular flexibility index (Phi) is 4.87. The summed E-state index contributed by atoms with van der Waals surface area (Å²) in [5.41, 5.74) is 2.58. The molecule has 0 radical (unpaired) electrons. The van der Waals surface area contributed by atoms with Crippen LogP contribution in [0, 0.1) is 0 Å². The highest BCUT2D eigenvalue weighted by Crippen LogP contribution is 2.35. The first kappa shape index (κ1) is 17.6. The summed E-state index contributed by atoms with van der Waals surface area (Å²) in [5.74, 6) is 0. The third-order valence-electron chi connectivity index (χ3n) is 5.27. The van der Waals surface area contributed by atoms with Crippen molar-refractivity contribution in [3.8, 4) is 0 Å². The number of rotatable bonds is 4. The SMILES string of the molecule is C/C=C\C1=C(C=C=S)[Si](c2ccccc2)(c2ccccc2)c2ccccc21. The van der Waals surface area contributed by atoms with Crippen molar-refractivity contribution in [1.29, 1.82) is 0 Å². The van der Waals surface area contributed by atoms with Gasteiger partial charge in [0.2, 0.25) is 0 Å². The maximum atomic E-state index is 5.20. The minimum atomic E-state index is -2.41. The van der Waals surface area contributed by atoms with E-state index >= 15 is 0 Å². The topological polar surface area (TPSA) is 0 Å². The van der Waals surface area contributed by atoms with E-state index in [1.807, 2.05) is 6.08 Å². The van der Waals surface area contributed by atoms with E-state index in [4.69, 9.17) is 12.2 Å². The molecule has 0 atom stereocenters. The lowest BCUT2D eigenvalue weighted by Crippen LogP contribution is -2.67. The van der Waals surface area contributed by atoms with Gasteiger partial charge in [-0.3, -0.25) is 0 Å². The molecule has 0 saturated heterocycles. The van der Waals surface area contributed by atoms with Crippen LogP contribution >= 0.6 is 12.2 Å². The van der Waals surface area contributed by atoms with Crippen LogP contribution in [-0.4, -0.2) is 13.1 Å². The Morgan fingerprint density at radius 2 is 1.33 bits per heavy atom. The third kappa shape index (κ3) is 2.70. The second-order valence-electron chi connectivity index (χ2n) is 6.62. The van der Waals surface area contributed by atoms with Gasteiger partial charge >= 0.3 is 0 Å². The molecule has 3 aromatic carbocycles.